The molecule has 0 fully saturated rings. The summed E-state index contributed by atoms with van der Waals surface area (Å²) in [4.78, 5) is 11.0. The molecule has 1 unspecified atom stereocenters. The third kappa shape index (κ3) is 6.20. The second-order valence-corrected chi connectivity index (χ2v) is 2.87. The predicted octanol–water partition coefficient (Wildman–Crippen LogP) is 2.48. The minimum Gasteiger partial charge on any atom is -0.450 e. The lowest BCUT2D eigenvalue weighted by atomic mass is 10.1. The van der Waals surface area contributed by atoms with Gasteiger partial charge in [-0.3, -0.25) is 0 Å². The van der Waals surface area contributed by atoms with Crippen LogP contribution in [0.1, 0.15) is 33.1 Å². The third-order valence-electron chi connectivity index (χ3n) is 1.69. The zero-order valence-corrected chi connectivity index (χ0v) is 8.51. The second-order valence-electron chi connectivity index (χ2n) is 2.87. The third-order valence-corrected chi connectivity index (χ3v) is 1.69. The summed E-state index contributed by atoms with van der Waals surface area (Å²) in [6, 6.07) is 0.168. The molecule has 0 aromatic rings. The summed E-state index contributed by atoms with van der Waals surface area (Å²) in [5.74, 6) is 0. The van der Waals surface area contributed by atoms with E-state index in [9.17, 15) is 4.79 Å². The van der Waals surface area contributed by atoms with Crippen molar-refractivity contribution < 1.29 is 9.53 Å². The van der Waals surface area contributed by atoms with Gasteiger partial charge >= 0.3 is 6.09 Å². The van der Waals surface area contributed by atoms with Gasteiger partial charge < -0.3 is 10.1 Å². The molecule has 0 aromatic heterocycles. The van der Waals surface area contributed by atoms with Crippen LogP contribution in [0.25, 0.3) is 0 Å². The van der Waals surface area contributed by atoms with Crippen LogP contribution in [-0.2, 0) is 4.74 Å². The van der Waals surface area contributed by atoms with Crippen molar-refractivity contribution in [2.75, 3.05) is 6.61 Å². The van der Waals surface area contributed by atoms with Gasteiger partial charge in [0.15, 0.2) is 0 Å². The maximum Gasteiger partial charge on any atom is 0.407 e. The summed E-state index contributed by atoms with van der Waals surface area (Å²) in [7, 11) is 0. The van der Waals surface area contributed by atoms with Crippen molar-refractivity contribution in [2.24, 2.45) is 0 Å². The van der Waals surface area contributed by atoms with Crippen LogP contribution < -0.4 is 5.32 Å². The molecule has 1 atom stereocenters. The molecule has 0 saturated heterocycles. The fourth-order valence-corrected chi connectivity index (χ4v) is 1.14. The molecule has 0 rings (SSSR count). The zero-order chi connectivity index (χ0) is 10.1. The van der Waals surface area contributed by atoms with Gasteiger partial charge in [0.1, 0.15) is 0 Å². The largest absolute Gasteiger partial charge is 0.450 e. The highest BCUT2D eigenvalue weighted by atomic mass is 16.5. The van der Waals surface area contributed by atoms with Crippen molar-refractivity contribution >= 4 is 6.09 Å². The molecule has 1 amide bonds. The molecule has 0 saturated carbocycles. The Labute approximate surface area is 80.2 Å². The topological polar surface area (TPSA) is 38.3 Å². The maximum atomic E-state index is 11.0. The SMILES string of the molecule is C=CCC(CCC)NC(=O)OCC. The first-order valence-electron chi connectivity index (χ1n) is 4.78. The number of carbonyl (C=O) groups is 1. The van der Waals surface area contributed by atoms with Gasteiger partial charge in [-0.15, -0.1) is 6.58 Å². The van der Waals surface area contributed by atoms with Crippen molar-refractivity contribution in [3.8, 4) is 0 Å². The normalized spacial score (nSPS) is 11.8. The van der Waals surface area contributed by atoms with Crippen LogP contribution in [0.4, 0.5) is 4.79 Å². The van der Waals surface area contributed by atoms with Crippen LogP contribution in [-0.4, -0.2) is 18.7 Å². The molecule has 0 aliphatic rings. The van der Waals surface area contributed by atoms with Crippen LogP contribution in [0, 0.1) is 0 Å². The molecule has 1 N–H and O–H groups in total. The van der Waals surface area contributed by atoms with E-state index in [0.29, 0.717) is 6.61 Å². The molecule has 0 aliphatic heterocycles. The molecule has 3 nitrogen and oxygen atoms in total. The van der Waals surface area contributed by atoms with Crippen molar-refractivity contribution in [3.05, 3.63) is 12.7 Å². The van der Waals surface area contributed by atoms with E-state index < -0.39 is 0 Å². The molecule has 0 heterocycles. The molecular formula is C10H19NO2. The molecular weight excluding hydrogens is 166 g/mol. The fourth-order valence-electron chi connectivity index (χ4n) is 1.14. The first-order chi connectivity index (χ1) is 6.24. The van der Waals surface area contributed by atoms with Crippen molar-refractivity contribution in [1.29, 1.82) is 0 Å². The van der Waals surface area contributed by atoms with E-state index in [4.69, 9.17) is 4.74 Å². The smallest absolute Gasteiger partial charge is 0.407 e. The Balaban J connectivity index is 3.78. The van der Waals surface area contributed by atoms with E-state index in [1.807, 2.05) is 6.08 Å². The van der Waals surface area contributed by atoms with Gasteiger partial charge in [-0.05, 0) is 19.8 Å². The molecule has 76 valence electrons. The van der Waals surface area contributed by atoms with Crippen molar-refractivity contribution in [1.82, 2.24) is 5.32 Å². The Morgan fingerprint density at radius 1 is 1.62 bits per heavy atom. The average Bonchev–Trinajstić information content (AvgIpc) is 2.05. The number of hydrogen-bond donors (Lipinski definition) is 1. The van der Waals surface area contributed by atoms with Gasteiger partial charge in [-0.25, -0.2) is 4.79 Å². The number of amides is 1. The van der Waals surface area contributed by atoms with Gasteiger partial charge in [0.2, 0.25) is 0 Å². The molecule has 0 aliphatic carbocycles. The molecule has 0 radical (unpaired) electrons. The minimum absolute atomic E-state index is 0.168. The van der Waals surface area contributed by atoms with Crippen molar-refractivity contribution in [3.63, 3.8) is 0 Å². The van der Waals surface area contributed by atoms with Crippen LogP contribution in [0.3, 0.4) is 0 Å². The predicted molar refractivity (Wildman–Crippen MR) is 53.7 cm³/mol. The summed E-state index contributed by atoms with van der Waals surface area (Å²) < 4.78 is 4.78. The molecule has 3 heteroatoms. The Kier molecular flexibility index (Phi) is 7.07. The zero-order valence-electron chi connectivity index (χ0n) is 8.51. The van der Waals surface area contributed by atoms with E-state index in [-0.39, 0.29) is 12.1 Å². The van der Waals surface area contributed by atoms with Gasteiger partial charge in [0.25, 0.3) is 0 Å². The van der Waals surface area contributed by atoms with E-state index in [2.05, 4.69) is 18.8 Å². The summed E-state index contributed by atoms with van der Waals surface area (Å²) in [6.45, 7) is 7.94. The molecule has 0 spiro atoms. The average molecular weight is 185 g/mol. The first kappa shape index (κ1) is 12.0. The Morgan fingerprint density at radius 2 is 2.31 bits per heavy atom. The van der Waals surface area contributed by atoms with Gasteiger partial charge in [-0.1, -0.05) is 19.4 Å². The van der Waals surface area contributed by atoms with Crippen LogP contribution in [0.2, 0.25) is 0 Å². The first-order valence-corrected chi connectivity index (χ1v) is 4.78. The lowest BCUT2D eigenvalue weighted by molar-refractivity contribution is 0.147. The Hall–Kier alpha value is -0.990. The lowest BCUT2D eigenvalue weighted by Gasteiger charge is -2.15. The number of carbonyl (C=O) groups excluding carboxylic acids is 1. The summed E-state index contributed by atoms with van der Waals surface area (Å²) in [5, 5.41) is 2.79. The highest BCUT2D eigenvalue weighted by Crippen LogP contribution is 2.02. The van der Waals surface area contributed by atoms with E-state index >= 15 is 0 Å². The highest BCUT2D eigenvalue weighted by Gasteiger charge is 2.09. The number of alkyl carbamates (subject to hydrolysis) is 1. The quantitative estimate of drug-likeness (QED) is 0.645. The maximum absolute atomic E-state index is 11.0. The Morgan fingerprint density at radius 3 is 2.77 bits per heavy atom. The van der Waals surface area contributed by atoms with Gasteiger partial charge in [0.05, 0.1) is 6.61 Å². The second kappa shape index (κ2) is 7.65. The number of nitrogens with one attached hydrogen (secondary N) is 1. The van der Waals surface area contributed by atoms with E-state index in [1.54, 1.807) is 6.92 Å². The molecule has 0 aromatic carbocycles. The standard InChI is InChI=1S/C10H19NO2/c1-4-7-9(8-5-2)11-10(12)13-6-3/h4,9H,1,5-8H2,2-3H3,(H,11,12). The van der Waals surface area contributed by atoms with Crippen LogP contribution in [0.15, 0.2) is 12.7 Å². The lowest BCUT2D eigenvalue weighted by Crippen LogP contribution is -2.34. The summed E-state index contributed by atoms with van der Waals surface area (Å²) in [5.41, 5.74) is 0. The Bertz CT molecular complexity index is 157. The monoisotopic (exact) mass is 185 g/mol. The highest BCUT2D eigenvalue weighted by molar-refractivity contribution is 5.67. The van der Waals surface area contributed by atoms with Crippen LogP contribution in [0.5, 0.6) is 0 Å². The van der Waals surface area contributed by atoms with E-state index in [1.165, 1.54) is 0 Å². The number of rotatable bonds is 6. The number of ether oxygens (including phenoxy) is 1. The minimum atomic E-state index is -0.331. The van der Waals surface area contributed by atoms with Crippen LogP contribution >= 0.6 is 0 Å². The summed E-state index contributed by atoms with van der Waals surface area (Å²) in [6.07, 6.45) is 4.29. The summed E-state index contributed by atoms with van der Waals surface area (Å²) >= 11 is 0. The number of hydrogen-bond acceptors (Lipinski definition) is 2. The van der Waals surface area contributed by atoms with E-state index in [0.717, 1.165) is 19.3 Å². The fraction of sp³-hybridized carbons (Fsp3) is 0.700. The van der Waals surface area contributed by atoms with Crippen molar-refractivity contribution in [2.45, 2.75) is 39.2 Å². The van der Waals surface area contributed by atoms with Gasteiger partial charge in [0, 0.05) is 6.04 Å². The molecule has 13 heavy (non-hydrogen) atoms. The molecule has 0 bridgehead atoms. The van der Waals surface area contributed by atoms with Gasteiger partial charge in [-0.2, -0.15) is 0 Å².